The van der Waals surface area contributed by atoms with Crippen molar-refractivity contribution in [2.45, 2.75) is 32.7 Å². The van der Waals surface area contributed by atoms with Crippen molar-refractivity contribution in [2.75, 3.05) is 19.6 Å². The van der Waals surface area contributed by atoms with Crippen LogP contribution in [0.2, 0.25) is 0 Å². The van der Waals surface area contributed by atoms with E-state index < -0.39 is 11.9 Å². The molecule has 1 atom stereocenters. The molecule has 0 spiro atoms. The number of carbonyl (C=O) groups is 3. The van der Waals surface area contributed by atoms with Crippen molar-refractivity contribution in [3.05, 3.63) is 35.4 Å². The van der Waals surface area contributed by atoms with Gasteiger partial charge >= 0.3 is 12.0 Å². The Morgan fingerprint density at radius 1 is 1.28 bits per heavy atom. The summed E-state index contributed by atoms with van der Waals surface area (Å²) >= 11 is 0. The van der Waals surface area contributed by atoms with Gasteiger partial charge in [0.1, 0.15) is 0 Å². The van der Waals surface area contributed by atoms with Gasteiger partial charge in [-0.15, -0.1) is 0 Å². The zero-order chi connectivity index (χ0) is 18.2. The monoisotopic (exact) mass is 347 g/mol. The number of carbonyl (C=O) groups excluding carboxylic acids is 2. The molecule has 0 bridgehead atoms. The number of nitrogens with zero attached hydrogens (tertiary/aromatic N) is 1. The molecule has 3 amide bonds. The van der Waals surface area contributed by atoms with E-state index >= 15 is 0 Å². The number of nitrogens with one attached hydrogen (secondary N) is 2. The highest BCUT2D eigenvalue weighted by Gasteiger charge is 2.27. The lowest BCUT2D eigenvalue weighted by Gasteiger charge is -2.30. The summed E-state index contributed by atoms with van der Waals surface area (Å²) in [6.07, 6.45) is 2.17. The first-order chi connectivity index (χ1) is 12.0. The Bertz CT molecular complexity index is 633. The summed E-state index contributed by atoms with van der Waals surface area (Å²) in [7, 11) is 0. The molecule has 136 valence electrons. The van der Waals surface area contributed by atoms with Gasteiger partial charge in [-0.05, 0) is 37.0 Å². The van der Waals surface area contributed by atoms with E-state index in [2.05, 4.69) is 10.6 Å². The van der Waals surface area contributed by atoms with Gasteiger partial charge in [-0.2, -0.15) is 0 Å². The second-order valence-electron chi connectivity index (χ2n) is 6.24. The lowest BCUT2D eigenvalue weighted by Crippen LogP contribution is -2.46. The minimum absolute atomic E-state index is 0.129. The van der Waals surface area contributed by atoms with Crippen molar-refractivity contribution in [1.29, 1.82) is 0 Å². The molecule has 7 heteroatoms. The van der Waals surface area contributed by atoms with E-state index in [1.165, 1.54) is 0 Å². The quantitative estimate of drug-likeness (QED) is 0.731. The van der Waals surface area contributed by atoms with Gasteiger partial charge < -0.3 is 20.6 Å². The van der Waals surface area contributed by atoms with E-state index in [-0.39, 0.29) is 18.5 Å². The lowest BCUT2D eigenvalue weighted by molar-refractivity contribution is -0.143. The van der Waals surface area contributed by atoms with Crippen LogP contribution in [0.5, 0.6) is 0 Å². The number of hydrogen-bond acceptors (Lipinski definition) is 3. The number of hydrogen-bond donors (Lipinski definition) is 3. The molecule has 1 aliphatic heterocycles. The van der Waals surface area contributed by atoms with E-state index in [1.54, 1.807) is 23.1 Å². The van der Waals surface area contributed by atoms with Crippen LogP contribution < -0.4 is 10.6 Å². The zero-order valence-electron chi connectivity index (χ0n) is 14.5. The SMILES string of the molecule is CCCNC(=O)c1cccc(CNC(=O)N2CCC[C@@H](C(=O)O)C2)c1. The number of aliphatic carboxylic acids is 1. The number of piperidine rings is 1. The maximum absolute atomic E-state index is 12.2. The van der Waals surface area contributed by atoms with Gasteiger partial charge in [0.25, 0.3) is 5.91 Å². The van der Waals surface area contributed by atoms with Crippen molar-refractivity contribution in [1.82, 2.24) is 15.5 Å². The molecular formula is C18H25N3O4. The van der Waals surface area contributed by atoms with Crippen molar-refractivity contribution in [2.24, 2.45) is 5.92 Å². The number of rotatable bonds is 6. The van der Waals surface area contributed by atoms with Crippen molar-refractivity contribution >= 4 is 17.9 Å². The Balaban J connectivity index is 1.89. The molecule has 2 rings (SSSR count). The van der Waals surface area contributed by atoms with Crippen LogP contribution in [0, 0.1) is 5.92 Å². The van der Waals surface area contributed by atoms with Gasteiger partial charge in [0.15, 0.2) is 0 Å². The second-order valence-corrected chi connectivity index (χ2v) is 6.24. The fourth-order valence-electron chi connectivity index (χ4n) is 2.82. The summed E-state index contributed by atoms with van der Waals surface area (Å²) in [5.41, 5.74) is 1.38. The van der Waals surface area contributed by atoms with E-state index in [0.29, 0.717) is 38.0 Å². The molecule has 25 heavy (non-hydrogen) atoms. The van der Waals surface area contributed by atoms with Gasteiger partial charge in [-0.1, -0.05) is 19.1 Å². The van der Waals surface area contributed by atoms with Crippen LogP contribution in [0.3, 0.4) is 0 Å². The smallest absolute Gasteiger partial charge is 0.317 e. The van der Waals surface area contributed by atoms with Crippen LogP contribution >= 0.6 is 0 Å². The Labute approximate surface area is 147 Å². The number of benzene rings is 1. The molecule has 0 aliphatic carbocycles. The van der Waals surface area contributed by atoms with Gasteiger partial charge in [-0.3, -0.25) is 9.59 Å². The largest absolute Gasteiger partial charge is 0.481 e. The standard InChI is InChI=1S/C18H25N3O4/c1-2-8-19-16(22)14-6-3-5-13(10-14)11-20-18(25)21-9-4-7-15(12-21)17(23)24/h3,5-6,10,15H,2,4,7-9,11-12H2,1H3,(H,19,22)(H,20,25)(H,23,24)/t15-/m1/s1. The van der Waals surface area contributed by atoms with Crippen LogP contribution in [0.25, 0.3) is 0 Å². The molecule has 1 fully saturated rings. The van der Waals surface area contributed by atoms with Crippen LogP contribution in [0.1, 0.15) is 42.1 Å². The summed E-state index contributed by atoms with van der Waals surface area (Å²) < 4.78 is 0. The highest BCUT2D eigenvalue weighted by Crippen LogP contribution is 2.16. The molecule has 0 unspecified atom stereocenters. The highest BCUT2D eigenvalue weighted by molar-refractivity contribution is 5.94. The summed E-state index contributed by atoms with van der Waals surface area (Å²) in [5.74, 6) is -1.48. The van der Waals surface area contributed by atoms with E-state index in [1.807, 2.05) is 13.0 Å². The molecule has 1 saturated heterocycles. The van der Waals surface area contributed by atoms with Crippen molar-refractivity contribution in [3.8, 4) is 0 Å². The Kier molecular flexibility index (Phi) is 6.80. The predicted octanol–water partition coefficient (Wildman–Crippen LogP) is 1.83. The third-order valence-electron chi connectivity index (χ3n) is 4.23. The molecule has 1 heterocycles. The summed E-state index contributed by atoms with van der Waals surface area (Å²) in [6, 6.07) is 6.84. The zero-order valence-corrected chi connectivity index (χ0v) is 14.5. The Hall–Kier alpha value is -2.57. The Morgan fingerprint density at radius 3 is 2.80 bits per heavy atom. The van der Waals surface area contributed by atoms with Gasteiger partial charge in [0, 0.05) is 31.7 Å². The van der Waals surface area contributed by atoms with Crippen molar-refractivity contribution < 1.29 is 19.5 Å². The first-order valence-corrected chi connectivity index (χ1v) is 8.64. The molecular weight excluding hydrogens is 322 g/mol. The molecule has 1 aromatic rings. The molecule has 1 aromatic carbocycles. The summed E-state index contributed by atoms with van der Waals surface area (Å²) in [5, 5.41) is 14.7. The van der Waals surface area contributed by atoms with E-state index in [4.69, 9.17) is 5.11 Å². The Morgan fingerprint density at radius 2 is 2.08 bits per heavy atom. The third-order valence-corrected chi connectivity index (χ3v) is 4.23. The number of likely N-dealkylation sites (tertiary alicyclic amines) is 1. The van der Waals surface area contributed by atoms with Crippen LogP contribution in [0.15, 0.2) is 24.3 Å². The number of urea groups is 1. The number of carboxylic acids is 1. The van der Waals surface area contributed by atoms with Crippen molar-refractivity contribution in [3.63, 3.8) is 0 Å². The molecule has 3 N–H and O–H groups in total. The fraction of sp³-hybridized carbons (Fsp3) is 0.500. The molecule has 0 saturated carbocycles. The van der Waals surface area contributed by atoms with Gasteiger partial charge in [-0.25, -0.2) is 4.79 Å². The average Bonchev–Trinajstić information content (AvgIpc) is 2.64. The summed E-state index contributed by atoms with van der Waals surface area (Å²) in [6.45, 7) is 3.71. The summed E-state index contributed by atoms with van der Waals surface area (Å²) in [4.78, 5) is 36.8. The fourth-order valence-corrected chi connectivity index (χ4v) is 2.82. The maximum atomic E-state index is 12.2. The maximum Gasteiger partial charge on any atom is 0.317 e. The molecule has 1 aliphatic rings. The molecule has 0 aromatic heterocycles. The van der Waals surface area contributed by atoms with Crippen LogP contribution in [0.4, 0.5) is 4.79 Å². The topological polar surface area (TPSA) is 98.7 Å². The normalized spacial score (nSPS) is 17.0. The van der Waals surface area contributed by atoms with Gasteiger partial charge in [0.2, 0.25) is 0 Å². The van der Waals surface area contributed by atoms with Gasteiger partial charge in [0.05, 0.1) is 5.92 Å². The van der Waals surface area contributed by atoms with Crippen LogP contribution in [-0.4, -0.2) is 47.5 Å². The lowest BCUT2D eigenvalue weighted by atomic mass is 9.99. The molecule has 0 radical (unpaired) electrons. The minimum Gasteiger partial charge on any atom is -0.481 e. The second kappa shape index (κ2) is 9.05. The minimum atomic E-state index is -0.858. The van der Waals surface area contributed by atoms with E-state index in [0.717, 1.165) is 12.0 Å². The average molecular weight is 347 g/mol. The first-order valence-electron chi connectivity index (χ1n) is 8.64. The number of amides is 3. The van der Waals surface area contributed by atoms with Crippen LogP contribution in [-0.2, 0) is 11.3 Å². The van der Waals surface area contributed by atoms with E-state index in [9.17, 15) is 14.4 Å². The number of carboxylic acid groups (broad SMARTS) is 1. The first kappa shape index (κ1) is 18.8. The molecule has 7 nitrogen and oxygen atoms in total. The highest BCUT2D eigenvalue weighted by atomic mass is 16.4. The third kappa shape index (κ3) is 5.48. The predicted molar refractivity (Wildman–Crippen MR) is 93.2 cm³/mol.